The Morgan fingerprint density at radius 3 is 2.62 bits per heavy atom. The van der Waals surface area contributed by atoms with Gasteiger partial charge in [0, 0.05) is 12.7 Å². The zero-order valence-electron chi connectivity index (χ0n) is 9.10. The molecule has 1 heterocycles. The Kier molecular flexibility index (Phi) is 2.73. The average molecular weight is 241 g/mol. The molecule has 16 heavy (non-hydrogen) atoms. The van der Waals surface area contributed by atoms with E-state index >= 15 is 0 Å². The molecule has 1 aromatic rings. The van der Waals surface area contributed by atoms with Gasteiger partial charge in [0.2, 0.25) is 10.0 Å². The minimum Gasteiger partial charge on any atom is -0.320 e. The van der Waals surface area contributed by atoms with Crippen LogP contribution in [0.25, 0.3) is 0 Å². The van der Waals surface area contributed by atoms with Gasteiger partial charge in [0.05, 0.1) is 17.5 Å². The third-order valence-electron chi connectivity index (χ3n) is 2.66. The maximum atomic E-state index is 10.9. The molecule has 1 fully saturated rings. The van der Waals surface area contributed by atoms with Crippen LogP contribution in [-0.4, -0.2) is 19.7 Å². The Morgan fingerprint density at radius 2 is 2.19 bits per heavy atom. The van der Waals surface area contributed by atoms with Gasteiger partial charge in [-0.1, -0.05) is 6.07 Å². The normalized spacial score (nSPS) is 18.4. The van der Waals surface area contributed by atoms with E-state index < -0.39 is 10.0 Å². The first-order chi connectivity index (χ1) is 7.39. The third-order valence-corrected chi connectivity index (χ3v) is 3.33. The first kappa shape index (κ1) is 11.5. The van der Waals surface area contributed by atoms with E-state index in [2.05, 4.69) is 9.71 Å². The second-order valence-electron chi connectivity index (χ2n) is 4.30. The molecule has 1 aromatic heterocycles. The lowest BCUT2D eigenvalue weighted by atomic mass is 10.1. The van der Waals surface area contributed by atoms with Crippen molar-refractivity contribution < 1.29 is 8.42 Å². The van der Waals surface area contributed by atoms with Gasteiger partial charge in [-0.05, 0) is 24.5 Å². The van der Waals surface area contributed by atoms with Crippen LogP contribution in [0.15, 0.2) is 18.3 Å². The number of aromatic nitrogens is 1. The summed E-state index contributed by atoms with van der Waals surface area (Å²) >= 11 is 0. The van der Waals surface area contributed by atoms with Crippen LogP contribution in [0.4, 0.5) is 0 Å². The largest absolute Gasteiger partial charge is 0.320 e. The number of nitrogens with two attached hydrogens (primary N) is 1. The Labute approximate surface area is 95.1 Å². The Hall–Kier alpha value is -0.980. The molecule has 1 aliphatic rings. The van der Waals surface area contributed by atoms with Gasteiger partial charge in [-0.25, -0.2) is 13.1 Å². The number of pyridine rings is 1. The summed E-state index contributed by atoms with van der Waals surface area (Å²) in [7, 11) is -3.15. The van der Waals surface area contributed by atoms with E-state index in [1.165, 1.54) is 0 Å². The standard InChI is InChI=1S/C10H15N3O2S/c1-16(14,15)13-7-8-2-3-9(12-6-8)10(11)4-5-10/h2-3,6,13H,4-5,7,11H2,1H3. The Morgan fingerprint density at radius 1 is 1.50 bits per heavy atom. The molecule has 0 bridgehead atoms. The predicted molar refractivity (Wildman–Crippen MR) is 61.0 cm³/mol. The van der Waals surface area contributed by atoms with Crippen LogP contribution < -0.4 is 10.5 Å². The van der Waals surface area contributed by atoms with Crippen LogP contribution in [0.3, 0.4) is 0 Å². The number of rotatable bonds is 4. The molecule has 0 unspecified atom stereocenters. The summed E-state index contributed by atoms with van der Waals surface area (Å²) in [5.41, 5.74) is 7.47. The minimum absolute atomic E-state index is 0.233. The van der Waals surface area contributed by atoms with Crippen molar-refractivity contribution in [3.05, 3.63) is 29.6 Å². The van der Waals surface area contributed by atoms with Crippen molar-refractivity contribution in [1.82, 2.24) is 9.71 Å². The lowest BCUT2D eigenvalue weighted by molar-refractivity contribution is 0.587. The quantitative estimate of drug-likeness (QED) is 0.781. The maximum Gasteiger partial charge on any atom is 0.209 e. The van der Waals surface area contributed by atoms with Crippen molar-refractivity contribution in [3.8, 4) is 0 Å². The van der Waals surface area contributed by atoms with Crippen LogP contribution in [-0.2, 0) is 22.1 Å². The first-order valence-corrected chi connectivity index (χ1v) is 6.97. The molecule has 1 aliphatic carbocycles. The zero-order valence-corrected chi connectivity index (χ0v) is 9.92. The highest BCUT2D eigenvalue weighted by Crippen LogP contribution is 2.41. The van der Waals surface area contributed by atoms with Gasteiger partial charge in [0.25, 0.3) is 0 Å². The van der Waals surface area contributed by atoms with Crippen molar-refractivity contribution in [1.29, 1.82) is 0 Å². The fraction of sp³-hybridized carbons (Fsp3) is 0.500. The summed E-state index contributed by atoms with van der Waals surface area (Å²) in [4.78, 5) is 4.25. The molecule has 5 nitrogen and oxygen atoms in total. The summed E-state index contributed by atoms with van der Waals surface area (Å²) in [6.07, 6.45) is 4.75. The first-order valence-electron chi connectivity index (χ1n) is 5.08. The molecule has 0 radical (unpaired) electrons. The SMILES string of the molecule is CS(=O)(=O)NCc1ccc(C2(N)CC2)nc1. The number of nitrogens with one attached hydrogen (secondary N) is 1. The predicted octanol–water partition coefficient (Wildman–Crippen LogP) is 0.0786. The maximum absolute atomic E-state index is 10.9. The van der Waals surface area contributed by atoms with Crippen molar-refractivity contribution in [3.63, 3.8) is 0 Å². The van der Waals surface area contributed by atoms with Crippen molar-refractivity contribution in [2.45, 2.75) is 24.9 Å². The van der Waals surface area contributed by atoms with Gasteiger partial charge in [0.1, 0.15) is 0 Å². The second-order valence-corrected chi connectivity index (χ2v) is 6.13. The number of hydrogen-bond acceptors (Lipinski definition) is 4. The molecule has 0 spiro atoms. The number of nitrogens with zero attached hydrogens (tertiary/aromatic N) is 1. The molecule has 0 atom stereocenters. The number of sulfonamides is 1. The Balaban J connectivity index is 2.03. The summed E-state index contributed by atoms with van der Waals surface area (Å²) in [5.74, 6) is 0. The monoisotopic (exact) mass is 241 g/mol. The highest BCUT2D eigenvalue weighted by atomic mass is 32.2. The van der Waals surface area contributed by atoms with Crippen molar-refractivity contribution in [2.24, 2.45) is 5.73 Å². The molecule has 2 rings (SSSR count). The molecule has 3 N–H and O–H groups in total. The molecular formula is C10H15N3O2S. The molecule has 0 amide bonds. The van der Waals surface area contributed by atoms with E-state index in [1.54, 1.807) is 6.20 Å². The molecule has 0 aliphatic heterocycles. The van der Waals surface area contributed by atoms with Gasteiger partial charge >= 0.3 is 0 Å². The molecular weight excluding hydrogens is 226 g/mol. The van der Waals surface area contributed by atoms with E-state index in [1.807, 2.05) is 12.1 Å². The van der Waals surface area contributed by atoms with E-state index in [9.17, 15) is 8.42 Å². The van der Waals surface area contributed by atoms with E-state index in [0.29, 0.717) is 0 Å². The smallest absolute Gasteiger partial charge is 0.209 e. The second kappa shape index (κ2) is 3.80. The fourth-order valence-corrected chi connectivity index (χ4v) is 1.86. The van der Waals surface area contributed by atoms with E-state index in [-0.39, 0.29) is 12.1 Å². The van der Waals surface area contributed by atoms with Gasteiger partial charge < -0.3 is 5.73 Å². The molecule has 0 aromatic carbocycles. The van der Waals surface area contributed by atoms with Gasteiger partial charge in [-0.15, -0.1) is 0 Å². The van der Waals surface area contributed by atoms with Crippen molar-refractivity contribution in [2.75, 3.05) is 6.26 Å². The molecule has 88 valence electrons. The van der Waals surface area contributed by atoms with Gasteiger partial charge in [-0.2, -0.15) is 0 Å². The van der Waals surface area contributed by atoms with E-state index in [0.717, 1.165) is 30.4 Å². The lowest BCUT2D eigenvalue weighted by Gasteiger charge is -2.08. The van der Waals surface area contributed by atoms with Gasteiger partial charge in [-0.3, -0.25) is 4.98 Å². The minimum atomic E-state index is -3.15. The lowest BCUT2D eigenvalue weighted by Crippen LogP contribution is -2.22. The van der Waals surface area contributed by atoms with Crippen molar-refractivity contribution >= 4 is 10.0 Å². The summed E-state index contributed by atoms with van der Waals surface area (Å²) in [6, 6.07) is 3.72. The zero-order chi connectivity index (χ0) is 11.8. The van der Waals surface area contributed by atoms with Gasteiger partial charge in [0.15, 0.2) is 0 Å². The number of hydrogen-bond donors (Lipinski definition) is 2. The van der Waals surface area contributed by atoms with Crippen LogP contribution in [0, 0.1) is 0 Å². The topological polar surface area (TPSA) is 85.1 Å². The van der Waals surface area contributed by atoms with Crippen LogP contribution in [0.2, 0.25) is 0 Å². The molecule has 6 heteroatoms. The molecule has 0 saturated heterocycles. The Bertz CT molecular complexity index is 477. The average Bonchev–Trinajstić information content (AvgIpc) is 2.95. The third kappa shape index (κ3) is 2.78. The van der Waals surface area contributed by atoms with Crippen LogP contribution >= 0.6 is 0 Å². The molecule has 1 saturated carbocycles. The van der Waals surface area contributed by atoms with E-state index in [4.69, 9.17) is 5.73 Å². The van der Waals surface area contributed by atoms with Crippen LogP contribution in [0.1, 0.15) is 24.1 Å². The summed E-state index contributed by atoms with van der Waals surface area (Å²) < 4.78 is 24.2. The highest BCUT2D eigenvalue weighted by Gasteiger charge is 2.41. The highest BCUT2D eigenvalue weighted by molar-refractivity contribution is 7.88. The fourth-order valence-electron chi connectivity index (χ4n) is 1.43. The summed E-state index contributed by atoms with van der Waals surface area (Å²) in [6.45, 7) is 0.268. The summed E-state index contributed by atoms with van der Waals surface area (Å²) in [5, 5.41) is 0. The van der Waals surface area contributed by atoms with Crippen LogP contribution in [0.5, 0.6) is 0 Å².